The summed E-state index contributed by atoms with van der Waals surface area (Å²) in [6.45, 7) is 3.28. The van der Waals surface area contributed by atoms with Crippen molar-refractivity contribution in [3.8, 4) is 18.1 Å². The molecule has 1 aliphatic rings. The number of carbonyl (C=O) groups is 3. The molecule has 1 aromatic heterocycles. The molecule has 3 rings (SSSR count). The number of aromatic nitrogens is 1. The van der Waals surface area contributed by atoms with Crippen molar-refractivity contribution in [3.63, 3.8) is 0 Å². The van der Waals surface area contributed by atoms with Crippen LogP contribution in [0.2, 0.25) is 0 Å². The first-order valence-electron chi connectivity index (χ1n) is 11.4. The van der Waals surface area contributed by atoms with E-state index in [-0.39, 0.29) is 24.5 Å². The van der Waals surface area contributed by atoms with Crippen molar-refractivity contribution in [2.45, 2.75) is 52.5 Å². The van der Waals surface area contributed by atoms with E-state index in [1.807, 2.05) is 23.6 Å². The zero-order valence-corrected chi connectivity index (χ0v) is 20.2. The maximum Gasteiger partial charge on any atom is 0.343 e. The molecule has 184 valence electrons. The predicted molar refractivity (Wildman–Crippen MR) is 131 cm³/mol. The second kappa shape index (κ2) is 11.0. The third-order valence-electron chi connectivity index (χ3n) is 6.28. The summed E-state index contributed by atoms with van der Waals surface area (Å²) in [6.07, 6.45) is 12.6. The zero-order valence-electron chi connectivity index (χ0n) is 20.2. The van der Waals surface area contributed by atoms with Gasteiger partial charge in [-0.15, -0.1) is 6.42 Å². The van der Waals surface area contributed by atoms with E-state index in [1.54, 1.807) is 13.0 Å². The molecule has 0 saturated heterocycles. The number of Topliss-reactive ketones (excluding diaryl/α,β-unsaturated/α-hetero) is 1. The molecule has 0 aliphatic heterocycles. The molecule has 0 bridgehead atoms. The highest BCUT2D eigenvalue weighted by Crippen LogP contribution is 2.42. The number of terminal acetylenes is 1. The van der Waals surface area contributed by atoms with Gasteiger partial charge in [-0.3, -0.25) is 9.59 Å². The van der Waals surface area contributed by atoms with Gasteiger partial charge in [0, 0.05) is 12.2 Å². The van der Waals surface area contributed by atoms with Gasteiger partial charge in [0.05, 0.1) is 23.6 Å². The first-order chi connectivity index (χ1) is 16.7. The molecule has 0 unspecified atom stereocenters. The number of ketones is 1. The Hall–Kier alpha value is -3.86. The lowest BCUT2D eigenvalue weighted by atomic mass is 10.0. The number of allylic oxidation sites excluding steroid dienone is 4. The second-order valence-electron chi connectivity index (χ2n) is 8.36. The third-order valence-corrected chi connectivity index (χ3v) is 6.28. The summed E-state index contributed by atoms with van der Waals surface area (Å²) in [6, 6.07) is 1.79. The molecule has 7 nitrogen and oxygen atoms in total. The summed E-state index contributed by atoms with van der Waals surface area (Å²) >= 11 is 0. The van der Waals surface area contributed by atoms with E-state index in [1.165, 1.54) is 7.11 Å². The lowest BCUT2D eigenvalue weighted by molar-refractivity contribution is -0.142. The van der Waals surface area contributed by atoms with E-state index in [9.17, 15) is 18.8 Å². The number of hydrogen-bond acceptors (Lipinski definition) is 5. The van der Waals surface area contributed by atoms with Gasteiger partial charge in [0.15, 0.2) is 12.4 Å². The topological polar surface area (TPSA) is 101 Å². The van der Waals surface area contributed by atoms with Gasteiger partial charge in [0.25, 0.3) is 11.7 Å². The van der Waals surface area contributed by atoms with E-state index in [0.717, 1.165) is 30.4 Å². The van der Waals surface area contributed by atoms with Gasteiger partial charge in [-0.25, -0.2) is 4.79 Å². The Morgan fingerprint density at radius 3 is 2.69 bits per heavy atom. The number of carbonyl (C=O) groups excluding carboxylic acids is 3. The van der Waals surface area contributed by atoms with Crippen molar-refractivity contribution < 1.29 is 28.2 Å². The van der Waals surface area contributed by atoms with Crippen LogP contribution in [-0.2, 0) is 33.7 Å². The molecule has 8 heteroatoms. The number of fused-ring (bicyclic) bond motifs is 3. The summed E-state index contributed by atoms with van der Waals surface area (Å²) in [5.41, 5.74) is 8.96. The molecule has 2 aromatic rings. The van der Waals surface area contributed by atoms with Crippen LogP contribution in [0.4, 0.5) is 4.39 Å². The van der Waals surface area contributed by atoms with Crippen LogP contribution in [0, 0.1) is 19.3 Å². The molecule has 1 heterocycles. The smallest absolute Gasteiger partial charge is 0.343 e. The number of halogens is 1. The fourth-order valence-electron chi connectivity index (χ4n) is 4.60. The molecular weight excluding hydrogens is 451 g/mol. The minimum Gasteiger partial charge on any atom is -0.481 e. The van der Waals surface area contributed by atoms with Crippen molar-refractivity contribution >= 4 is 28.6 Å². The first-order valence-corrected chi connectivity index (χ1v) is 11.4. The minimum absolute atomic E-state index is 0.0796. The number of methoxy groups -OCH3 is 1. The Labute approximate surface area is 203 Å². The third kappa shape index (κ3) is 5.14. The second-order valence-corrected chi connectivity index (χ2v) is 8.36. The van der Waals surface area contributed by atoms with Crippen molar-refractivity contribution in [1.82, 2.24) is 4.57 Å². The number of hydrogen-bond donors (Lipinski definition) is 1. The Kier molecular flexibility index (Phi) is 8.13. The lowest BCUT2D eigenvalue weighted by Gasteiger charge is -2.15. The molecule has 0 spiro atoms. The SMILES string of the molecule is C#C/C(F)=C(\CC/C=C\C)Cn1c(C)c(C(=O)C(N)=O)c2c(OCC(=O)OC)cc3c(c21)CCC3. The van der Waals surface area contributed by atoms with Gasteiger partial charge in [-0.05, 0) is 74.6 Å². The van der Waals surface area contributed by atoms with Gasteiger partial charge in [-0.1, -0.05) is 12.2 Å². The monoisotopic (exact) mass is 480 g/mol. The van der Waals surface area contributed by atoms with Gasteiger partial charge < -0.3 is 19.8 Å². The van der Waals surface area contributed by atoms with E-state index >= 15 is 0 Å². The molecule has 1 amide bonds. The minimum atomic E-state index is -1.12. The van der Waals surface area contributed by atoms with E-state index in [4.69, 9.17) is 16.9 Å². The number of amides is 1. The number of nitrogens with two attached hydrogens (primary N) is 1. The number of esters is 1. The maximum absolute atomic E-state index is 14.7. The number of nitrogens with zero attached hydrogens (tertiary/aromatic N) is 1. The summed E-state index contributed by atoms with van der Waals surface area (Å²) in [4.78, 5) is 36.7. The van der Waals surface area contributed by atoms with Crippen molar-refractivity contribution in [2.24, 2.45) is 5.73 Å². The number of benzene rings is 1. The number of primary amides is 1. The first kappa shape index (κ1) is 25.8. The summed E-state index contributed by atoms with van der Waals surface area (Å²) < 4.78 is 27.0. The highest BCUT2D eigenvalue weighted by atomic mass is 19.1. The molecule has 0 atom stereocenters. The van der Waals surface area contributed by atoms with E-state index in [2.05, 4.69) is 10.7 Å². The average molecular weight is 481 g/mol. The van der Waals surface area contributed by atoms with Crippen LogP contribution in [0.3, 0.4) is 0 Å². The Bertz CT molecular complexity index is 1290. The average Bonchev–Trinajstić information content (AvgIpc) is 3.42. The van der Waals surface area contributed by atoms with Gasteiger partial charge in [-0.2, -0.15) is 4.39 Å². The van der Waals surface area contributed by atoms with Gasteiger partial charge in [0.2, 0.25) is 0 Å². The fourth-order valence-corrected chi connectivity index (χ4v) is 4.60. The zero-order chi connectivity index (χ0) is 25.7. The van der Waals surface area contributed by atoms with Crippen LogP contribution in [-0.4, -0.2) is 35.9 Å². The highest BCUT2D eigenvalue weighted by molar-refractivity contribution is 6.45. The molecule has 35 heavy (non-hydrogen) atoms. The molecule has 1 aliphatic carbocycles. The van der Waals surface area contributed by atoms with Gasteiger partial charge >= 0.3 is 5.97 Å². The normalized spacial score (nSPS) is 13.5. The number of aryl methyl sites for hydroxylation is 2. The van der Waals surface area contributed by atoms with Crippen LogP contribution in [0.25, 0.3) is 10.9 Å². The van der Waals surface area contributed by atoms with Gasteiger partial charge in [0.1, 0.15) is 5.75 Å². The summed E-state index contributed by atoms with van der Waals surface area (Å²) in [5, 5.41) is 0.379. The highest BCUT2D eigenvalue weighted by Gasteiger charge is 2.31. The van der Waals surface area contributed by atoms with Crippen LogP contribution < -0.4 is 10.5 Å². The fraction of sp³-hybridized carbons (Fsp3) is 0.370. The Morgan fingerprint density at radius 1 is 1.31 bits per heavy atom. The van der Waals surface area contributed by atoms with E-state index in [0.29, 0.717) is 35.0 Å². The summed E-state index contributed by atoms with van der Waals surface area (Å²) in [7, 11) is 1.24. The van der Waals surface area contributed by atoms with Crippen LogP contribution in [0.15, 0.2) is 29.6 Å². The number of ether oxygens (including phenoxy) is 2. The lowest BCUT2D eigenvalue weighted by Crippen LogP contribution is -2.24. The quantitative estimate of drug-likeness (QED) is 0.183. The van der Waals surface area contributed by atoms with Crippen molar-refractivity contribution in [2.75, 3.05) is 13.7 Å². The Balaban J connectivity index is 2.31. The number of rotatable bonds is 10. The standard InChI is InChI=1S/C27H29FN2O5/c1-5-7-8-10-18(20(28)6-2)14-30-16(3)23(26(32)27(29)33)24-21(35-15-22(31)34-4)13-17-11-9-12-19(17)25(24)30/h2,5,7,13H,8-12,14-15H2,1,3-4H3,(H2,29,33)/b7-5-,20-18-. The summed E-state index contributed by atoms with van der Waals surface area (Å²) in [5.74, 6) is -0.898. The molecule has 1 aromatic carbocycles. The van der Waals surface area contributed by atoms with Crippen molar-refractivity contribution in [3.05, 3.63) is 52.0 Å². The van der Waals surface area contributed by atoms with Crippen LogP contribution >= 0.6 is 0 Å². The largest absolute Gasteiger partial charge is 0.481 e. The molecule has 0 saturated carbocycles. The predicted octanol–water partition coefficient (Wildman–Crippen LogP) is 3.87. The maximum atomic E-state index is 14.7. The molecule has 0 radical (unpaired) electrons. The Morgan fingerprint density at radius 2 is 2.06 bits per heavy atom. The van der Waals surface area contributed by atoms with Crippen molar-refractivity contribution in [1.29, 1.82) is 0 Å². The molecular formula is C27H29FN2O5. The molecule has 2 N–H and O–H groups in total. The molecule has 0 fully saturated rings. The van der Waals surface area contributed by atoms with E-state index < -0.39 is 23.5 Å². The van der Waals surface area contributed by atoms with Crippen LogP contribution in [0.5, 0.6) is 5.75 Å². The van der Waals surface area contributed by atoms with Crippen LogP contribution in [0.1, 0.15) is 53.4 Å².